The second-order valence-electron chi connectivity index (χ2n) is 10.6. The Bertz CT molecular complexity index is 1160. The molecule has 0 amide bonds. The van der Waals surface area contributed by atoms with Crippen LogP contribution in [-0.4, -0.2) is 37.1 Å². The predicted octanol–water partition coefficient (Wildman–Crippen LogP) is 6.70. The number of aryl methyl sites for hydroxylation is 1. The lowest BCUT2D eigenvalue weighted by molar-refractivity contribution is -0.149. The van der Waals surface area contributed by atoms with E-state index in [1.165, 1.54) is 40.7 Å². The number of rotatable bonds is 9. The molecule has 4 heteroatoms. The number of likely N-dealkylation sites (tertiary alicyclic amines) is 1. The van der Waals surface area contributed by atoms with Crippen LogP contribution in [0.4, 0.5) is 0 Å². The standard InChI is InChI=1S/C33H39NO3/c1-2-36-33(35)31-9-6-19-34(23-31)20-18-25-10-15-30-22-32(17-16-29(30)21-25)37-24-26-11-13-28(14-12-26)27-7-4-3-5-8-27/h3-5,7-8,11-14,16-17,22,25,31H,2,6,9-10,15,18-21,23-24H2,1H3. The lowest BCUT2D eigenvalue weighted by atomic mass is 9.82. The molecule has 2 unspecified atom stereocenters. The van der Waals surface area contributed by atoms with Crippen molar-refractivity contribution in [2.45, 2.75) is 52.1 Å². The van der Waals surface area contributed by atoms with Crippen molar-refractivity contribution in [1.82, 2.24) is 4.90 Å². The van der Waals surface area contributed by atoms with Gasteiger partial charge in [-0.3, -0.25) is 4.79 Å². The maximum absolute atomic E-state index is 12.1. The lowest BCUT2D eigenvalue weighted by Gasteiger charge is -2.33. The number of piperidine rings is 1. The van der Waals surface area contributed by atoms with Gasteiger partial charge in [0.25, 0.3) is 0 Å². The molecule has 1 fully saturated rings. The van der Waals surface area contributed by atoms with E-state index in [2.05, 4.69) is 71.6 Å². The summed E-state index contributed by atoms with van der Waals surface area (Å²) >= 11 is 0. The Morgan fingerprint density at radius 2 is 1.76 bits per heavy atom. The summed E-state index contributed by atoms with van der Waals surface area (Å²) in [5.74, 6) is 1.72. The molecule has 1 aliphatic carbocycles. The molecule has 1 heterocycles. The first-order valence-electron chi connectivity index (χ1n) is 14.0. The summed E-state index contributed by atoms with van der Waals surface area (Å²) in [5.41, 5.74) is 6.55. The minimum Gasteiger partial charge on any atom is -0.489 e. The third-order valence-corrected chi connectivity index (χ3v) is 7.95. The van der Waals surface area contributed by atoms with E-state index in [0.717, 1.165) is 51.1 Å². The summed E-state index contributed by atoms with van der Waals surface area (Å²) < 4.78 is 11.4. The molecular formula is C33H39NO3. The molecule has 3 aromatic carbocycles. The van der Waals surface area contributed by atoms with Crippen LogP contribution in [0, 0.1) is 11.8 Å². The highest BCUT2D eigenvalue weighted by atomic mass is 16.5. The Kier molecular flexibility index (Phi) is 8.57. The molecule has 0 saturated carbocycles. The fourth-order valence-electron chi connectivity index (χ4n) is 5.81. The molecule has 2 aliphatic rings. The van der Waals surface area contributed by atoms with Gasteiger partial charge in [-0.05, 0) is 104 Å². The Hall–Kier alpha value is -3.11. The smallest absolute Gasteiger partial charge is 0.310 e. The van der Waals surface area contributed by atoms with Crippen LogP contribution in [0.5, 0.6) is 5.75 Å². The Morgan fingerprint density at radius 3 is 2.57 bits per heavy atom. The number of esters is 1. The Morgan fingerprint density at radius 1 is 0.946 bits per heavy atom. The number of carbonyl (C=O) groups excluding carboxylic acids is 1. The van der Waals surface area contributed by atoms with E-state index < -0.39 is 0 Å². The van der Waals surface area contributed by atoms with Gasteiger partial charge in [-0.25, -0.2) is 0 Å². The molecule has 3 aromatic rings. The van der Waals surface area contributed by atoms with Gasteiger partial charge in [-0.2, -0.15) is 0 Å². The third kappa shape index (κ3) is 6.81. The molecule has 0 N–H and O–H groups in total. The van der Waals surface area contributed by atoms with Gasteiger partial charge in [-0.15, -0.1) is 0 Å². The van der Waals surface area contributed by atoms with Crippen LogP contribution in [0.1, 0.15) is 49.3 Å². The molecule has 0 aromatic heterocycles. The fraction of sp³-hybridized carbons (Fsp3) is 0.424. The van der Waals surface area contributed by atoms with Gasteiger partial charge < -0.3 is 14.4 Å². The monoisotopic (exact) mass is 497 g/mol. The largest absolute Gasteiger partial charge is 0.489 e. The topological polar surface area (TPSA) is 38.8 Å². The normalized spacial score (nSPS) is 19.7. The fourth-order valence-corrected chi connectivity index (χ4v) is 5.81. The zero-order chi connectivity index (χ0) is 25.5. The van der Waals surface area contributed by atoms with E-state index in [1.54, 1.807) is 0 Å². The van der Waals surface area contributed by atoms with Gasteiger partial charge in [0.05, 0.1) is 12.5 Å². The molecule has 0 bridgehead atoms. The van der Waals surface area contributed by atoms with Crippen molar-refractivity contribution in [3.05, 3.63) is 89.5 Å². The number of nitrogens with zero attached hydrogens (tertiary/aromatic N) is 1. The van der Waals surface area contributed by atoms with Crippen molar-refractivity contribution in [2.75, 3.05) is 26.2 Å². The number of carbonyl (C=O) groups is 1. The quantitative estimate of drug-likeness (QED) is 0.308. The molecule has 0 spiro atoms. The number of benzene rings is 3. The highest BCUT2D eigenvalue weighted by Crippen LogP contribution is 2.31. The summed E-state index contributed by atoms with van der Waals surface area (Å²) in [7, 11) is 0. The number of ether oxygens (including phenoxy) is 2. The van der Waals surface area contributed by atoms with Crippen LogP contribution in [0.15, 0.2) is 72.8 Å². The van der Waals surface area contributed by atoms with Crippen LogP contribution < -0.4 is 4.74 Å². The van der Waals surface area contributed by atoms with Gasteiger partial charge in [-0.1, -0.05) is 60.7 Å². The van der Waals surface area contributed by atoms with E-state index in [0.29, 0.717) is 19.1 Å². The molecule has 0 radical (unpaired) electrons. The van der Waals surface area contributed by atoms with Crippen LogP contribution in [-0.2, 0) is 29.0 Å². The summed E-state index contributed by atoms with van der Waals surface area (Å²) in [4.78, 5) is 14.6. The molecular weight excluding hydrogens is 458 g/mol. The SMILES string of the molecule is CCOC(=O)C1CCCN(CCC2CCc3cc(OCc4ccc(-c5ccccc5)cc4)ccc3C2)C1. The first-order chi connectivity index (χ1) is 18.2. The average Bonchev–Trinajstić information content (AvgIpc) is 2.96. The summed E-state index contributed by atoms with van der Waals surface area (Å²) in [6.07, 6.45) is 6.76. The predicted molar refractivity (Wildman–Crippen MR) is 149 cm³/mol. The van der Waals surface area contributed by atoms with Crippen molar-refractivity contribution in [1.29, 1.82) is 0 Å². The molecule has 5 rings (SSSR count). The maximum atomic E-state index is 12.1. The number of hydrogen-bond acceptors (Lipinski definition) is 4. The van der Waals surface area contributed by atoms with E-state index in [1.807, 2.05) is 13.0 Å². The third-order valence-electron chi connectivity index (χ3n) is 7.95. The van der Waals surface area contributed by atoms with Gasteiger partial charge in [0.1, 0.15) is 12.4 Å². The Balaban J connectivity index is 1.09. The molecule has 194 valence electrons. The Labute approximate surface area is 221 Å². The highest BCUT2D eigenvalue weighted by Gasteiger charge is 2.27. The van der Waals surface area contributed by atoms with Gasteiger partial charge in [0.2, 0.25) is 0 Å². The number of hydrogen-bond donors (Lipinski definition) is 0. The minimum atomic E-state index is -0.0129. The van der Waals surface area contributed by atoms with Crippen molar-refractivity contribution < 1.29 is 14.3 Å². The average molecular weight is 498 g/mol. The van der Waals surface area contributed by atoms with Gasteiger partial charge >= 0.3 is 5.97 Å². The second kappa shape index (κ2) is 12.4. The summed E-state index contributed by atoms with van der Waals surface area (Å²) in [6.45, 7) is 6.00. The van der Waals surface area contributed by atoms with Crippen LogP contribution in [0.2, 0.25) is 0 Å². The van der Waals surface area contributed by atoms with E-state index in [9.17, 15) is 4.79 Å². The van der Waals surface area contributed by atoms with Crippen LogP contribution in [0.25, 0.3) is 11.1 Å². The number of fused-ring (bicyclic) bond motifs is 1. The van der Waals surface area contributed by atoms with E-state index >= 15 is 0 Å². The van der Waals surface area contributed by atoms with E-state index in [4.69, 9.17) is 9.47 Å². The molecule has 4 nitrogen and oxygen atoms in total. The second-order valence-corrected chi connectivity index (χ2v) is 10.6. The molecule has 1 saturated heterocycles. The van der Waals surface area contributed by atoms with Crippen molar-refractivity contribution >= 4 is 5.97 Å². The van der Waals surface area contributed by atoms with Crippen LogP contribution in [0.3, 0.4) is 0 Å². The first-order valence-corrected chi connectivity index (χ1v) is 14.0. The van der Waals surface area contributed by atoms with Crippen LogP contribution >= 0.6 is 0 Å². The molecule has 2 atom stereocenters. The first kappa shape index (κ1) is 25.5. The summed E-state index contributed by atoms with van der Waals surface area (Å²) in [5, 5.41) is 0. The maximum Gasteiger partial charge on any atom is 0.310 e. The highest BCUT2D eigenvalue weighted by molar-refractivity contribution is 5.72. The lowest BCUT2D eigenvalue weighted by Crippen LogP contribution is -2.40. The van der Waals surface area contributed by atoms with Gasteiger partial charge in [0, 0.05) is 6.54 Å². The minimum absolute atomic E-state index is 0.0129. The van der Waals surface area contributed by atoms with E-state index in [-0.39, 0.29) is 11.9 Å². The zero-order valence-corrected chi connectivity index (χ0v) is 22.0. The van der Waals surface area contributed by atoms with Crippen molar-refractivity contribution in [3.8, 4) is 16.9 Å². The van der Waals surface area contributed by atoms with Gasteiger partial charge in [0.15, 0.2) is 0 Å². The van der Waals surface area contributed by atoms with Crippen molar-refractivity contribution in [2.24, 2.45) is 11.8 Å². The zero-order valence-electron chi connectivity index (χ0n) is 22.0. The van der Waals surface area contributed by atoms with Crippen molar-refractivity contribution in [3.63, 3.8) is 0 Å². The summed E-state index contributed by atoms with van der Waals surface area (Å²) in [6, 6.07) is 25.8. The molecule has 1 aliphatic heterocycles. The molecule has 37 heavy (non-hydrogen) atoms.